The predicted octanol–water partition coefficient (Wildman–Crippen LogP) is 4.57. The number of hydrogen-bond acceptors (Lipinski definition) is 2. The Balaban J connectivity index is 1.60. The van der Waals surface area contributed by atoms with Gasteiger partial charge in [-0.15, -0.1) is 0 Å². The Morgan fingerprint density at radius 1 is 1.00 bits per heavy atom. The number of carbonyl (C=O) groups excluding carboxylic acids is 1. The third kappa shape index (κ3) is 4.95. The van der Waals surface area contributed by atoms with Crippen LogP contribution in [-0.2, 0) is 0 Å². The first-order valence-electron chi connectivity index (χ1n) is 9.53. The average Bonchev–Trinajstić information content (AvgIpc) is 2.61. The van der Waals surface area contributed by atoms with Crippen molar-refractivity contribution in [2.24, 2.45) is 0 Å². The summed E-state index contributed by atoms with van der Waals surface area (Å²) in [5.74, 6) is 0. The number of hydrogen-bond donors (Lipinski definition) is 1. The van der Waals surface area contributed by atoms with Crippen molar-refractivity contribution < 1.29 is 4.79 Å². The molecule has 134 valence electrons. The van der Waals surface area contributed by atoms with E-state index in [4.69, 9.17) is 0 Å². The Hall–Kier alpha value is -2.07. The Bertz CT molecular complexity index is 698. The van der Waals surface area contributed by atoms with Crippen LogP contribution in [0.2, 0.25) is 0 Å². The zero-order valence-corrected chi connectivity index (χ0v) is 15.2. The third-order valence-corrected chi connectivity index (χ3v) is 4.95. The van der Waals surface area contributed by atoms with Crippen LogP contribution >= 0.6 is 0 Å². The van der Waals surface area contributed by atoms with Crippen LogP contribution in [0.5, 0.6) is 0 Å². The molecule has 1 N–H and O–H groups in total. The van der Waals surface area contributed by atoms with Gasteiger partial charge in [0.15, 0.2) is 0 Å². The molecule has 2 amide bonds. The molecule has 0 saturated carbocycles. The highest BCUT2D eigenvalue weighted by Gasteiger charge is 2.17. The smallest absolute Gasteiger partial charge is 0.321 e. The number of urea groups is 1. The second-order valence-corrected chi connectivity index (χ2v) is 6.88. The van der Waals surface area contributed by atoms with Crippen LogP contribution in [0.25, 0.3) is 10.8 Å². The molecule has 4 nitrogen and oxygen atoms in total. The Labute approximate surface area is 150 Å². The summed E-state index contributed by atoms with van der Waals surface area (Å²) in [6, 6.07) is 14.3. The molecule has 1 aliphatic heterocycles. The monoisotopic (exact) mass is 339 g/mol. The van der Waals surface area contributed by atoms with E-state index in [-0.39, 0.29) is 6.03 Å². The maximum Gasteiger partial charge on any atom is 0.321 e. The van der Waals surface area contributed by atoms with Crippen molar-refractivity contribution in [3.8, 4) is 0 Å². The fraction of sp³-hybridized carbons (Fsp3) is 0.476. The molecule has 0 aromatic heterocycles. The first-order valence-corrected chi connectivity index (χ1v) is 9.53. The van der Waals surface area contributed by atoms with Crippen molar-refractivity contribution in [1.82, 2.24) is 9.80 Å². The Kier molecular flexibility index (Phi) is 6.29. The number of nitrogens with zero attached hydrogens (tertiary/aromatic N) is 2. The molecule has 4 heteroatoms. The minimum atomic E-state index is 0.0209. The molecule has 25 heavy (non-hydrogen) atoms. The van der Waals surface area contributed by atoms with E-state index in [1.807, 2.05) is 29.2 Å². The number of anilines is 1. The normalized spacial score (nSPS) is 16.4. The van der Waals surface area contributed by atoms with Crippen LogP contribution in [0, 0.1) is 0 Å². The third-order valence-electron chi connectivity index (χ3n) is 4.95. The van der Waals surface area contributed by atoms with Gasteiger partial charge >= 0.3 is 6.03 Å². The summed E-state index contributed by atoms with van der Waals surface area (Å²) >= 11 is 0. The van der Waals surface area contributed by atoms with E-state index < -0.39 is 0 Å². The Morgan fingerprint density at radius 3 is 2.64 bits per heavy atom. The summed E-state index contributed by atoms with van der Waals surface area (Å²) in [7, 11) is 0. The van der Waals surface area contributed by atoms with Crippen molar-refractivity contribution in [2.75, 3.05) is 38.0 Å². The summed E-state index contributed by atoms with van der Waals surface area (Å²) in [5.41, 5.74) is 0.869. The highest BCUT2D eigenvalue weighted by atomic mass is 16.2. The van der Waals surface area contributed by atoms with Gasteiger partial charge < -0.3 is 15.1 Å². The molecule has 3 rings (SSSR count). The largest absolute Gasteiger partial charge is 0.323 e. The van der Waals surface area contributed by atoms with Crippen LogP contribution in [-0.4, -0.2) is 48.6 Å². The minimum absolute atomic E-state index is 0.0209. The lowest BCUT2D eigenvalue weighted by Crippen LogP contribution is -2.43. The van der Waals surface area contributed by atoms with Gasteiger partial charge in [-0.25, -0.2) is 4.79 Å². The Morgan fingerprint density at radius 2 is 1.80 bits per heavy atom. The fourth-order valence-electron chi connectivity index (χ4n) is 3.40. The quantitative estimate of drug-likeness (QED) is 0.885. The van der Waals surface area contributed by atoms with Gasteiger partial charge in [-0.3, -0.25) is 0 Å². The molecular weight excluding hydrogens is 310 g/mol. The summed E-state index contributed by atoms with van der Waals surface area (Å²) in [4.78, 5) is 17.2. The second-order valence-electron chi connectivity index (χ2n) is 6.88. The van der Waals surface area contributed by atoms with E-state index in [1.165, 1.54) is 31.2 Å². The molecule has 0 atom stereocenters. The van der Waals surface area contributed by atoms with Gasteiger partial charge in [0.05, 0.1) is 0 Å². The molecule has 0 bridgehead atoms. The SMILES string of the molecule is CCCCN1CCCCN(C(=O)Nc2ccc3ccccc3c2)CC1. The zero-order chi connectivity index (χ0) is 17.5. The fourth-order valence-corrected chi connectivity index (χ4v) is 3.40. The topological polar surface area (TPSA) is 35.6 Å². The van der Waals surface area contributed by atoms with Gasteiger partial charge in [0, 0.05) is 25.3 Å². The number of rotatable bonds is 4. The van der Waals surface area contributed by atoms with Crippen molar-refractivity contribution in [3.05, 3.63) is 42.5 Å². The molecule has 0 radical (unpaired) electrons. The first-order chi connectivity index (χ1) is 12.3. The van der Waals surface area contributed by atoms with E-state index in [0.29, 0.717) is 0 Å². The molecule has 2 aromatic carbocycles. The lowest BCUT2D eigenvalue weighted by Gasteiger charge is -2.31. The van der Waals surface area contributed by atoms with Crippen LogP contribution in [0.3, 0.4) is 0 Å². The van der Waals surface area contributed by atoms with Gasteiger partial charge in [-0.2, -0.15) is 0 Å². The molecule has 1 aliphatic rings. The second kappa shape index (κ2) is 8.86. The van der Waals surface area contributed by atoms with E-state index in [1.54, 1.807) is 0 Å². The highest BCUT2D eigenvalue weighted by molar-refractivity contribution is 5.93. The number of amides is 2. The zero-order valence-electron chi connectivity index (χ0n) is 15.2. The molecular formula is C21H29N3O. The standard InChI is InChI=1S/C21H29N3O/c1-2-3-12-23-13-6-7-14-24(16-15-23)21(25)22-20-11-10-18-8-4-5-9-19(18)17-20/h4-5,8-11,17H,2-3,6-7,12-16H2,1H3,(H,22,25). The summed E-state index contributed by atoms with van der Waals surface area (Å²) < 4.78 is 0. The minimum Gasteiger partial charge on any atom is -0.323 e. The maximum absolute atomic E-state index is 12.7. The van der Waals surface area contributed by atoms with Crippen LogP contribution < -0.4 is 5.32 Å². The molecule has 1 heterocycles. The summed E-state index contributed by atoms with van der Waals surface area (Å²) in [6.07, 6.45) is 4.71. The summed E-state index contributed by atoms with van der Waals surface area (Å²) in [6.45, 7) is 7.18. The molecule has 2 aromatic rings. The number of unbranched alkanes of at least 4 members (excludes halogenated alkanes) is 1. The van der Waals surface area contributed by atoms with Gasteiger partial charge in [0.1, 0.15) is 0 Å². The predicted molar refractivity (Wildman–Crippen MR) is 105 cm³/mol. The van der Waals surface area contributed by atoms with Gasteiger partial charge in [-0.1, -0.05) is 43.7 Å². The van der Waals surface area contributed by atoms with Gasteiger partial charge in [0.2, 0.25) is 0 Å². The van der Waals surface area contributed by atoms with Crippen molar-refractivity contribution in [3.63, 3.8) is 0 Å². The average molecular weight is 339 g/mol. The highest BCUT2D eigenvalue weighted by Crippen LogP contribution is 2.19. The number of carbonyl (C=O) groups is 1. The van der Waals surface area contributed by atoms with Crippen molar-refractivity contribution in [2.45, 2.75) is 32.6 Å². The number of benzene rings is 2. The van der Waals surface area contributed by atoms with E-state index in [9.17, 15) is 4.79 Å². The van der Waals surface area contributed by atoms with Gasteiger partial charge in [-0.05, 0) is 55.3 Å². The van der Waals surface area contributed by atoms with E-state index in [0.717, 1.165) is 43.7 Å². The van der Waals surface area contributed by atoms with Crippen LogP contribution in [0.15, 0.2) is 42.5 Å². The van der Waals surface area contributed by atoms with Crippen LogP contribution in [0.4, 0.5) is 10.5 Å². The molecule has 0 unspecified atom stereocenters. The van der Waals surface area contributed by atoms with E-state index >= 15 is 0 Å². The van der Waals surface area contributed by atoms with Gasteiger partial charge in [0.25, 0.3) is 0 Å². The lowest BCUT2D eigenvalue weighted by molar-refractivity contribution is 0.175. The maximum atomic E-state index is 12.7. The van der Waals surface area contributed by atoms with Crippen LogP contribution in [0.1, 0.15) is 32.6 Å². The number of nitrogens with one attached hydrogen (secondary N) is 1. The van der Waals surface area contributed by atoms with Crippen molar-refractivity contribution in [1.29, 1.82) is 0 Å². The molecule has 0 aliphatic carbocycles. The van der Waals surface area contributed by atoms with E-state index in [2.05, 4.69) is 35.3 Å². The molecule has 0 spiro atoms. The first kappa shape index (κ1) is 17.7. The lowest BCUT2D eigenvalue weighted by atomic mass is 10.1. The molecule has 1 fully saturated rings. The summed E-state index contributed by atoms with van der Waals surface area (Å²) in [5, 5.41) is 5.42. The van der Waals surface area contributed by atoms with Crippen molar-refractivity contribution >= 4 is 22.5 Å². The molecule has 1 saturated heterocycles. The number of fused-ring (bicyclic) bond motifs is 1.